The summed E-state index contributed by atoms with van der Waals surface area (Å²) >= 11 is 0. The minimum Gasteiger partial charge on any atom is -0.383 e. The normalized spacial score (nSPS) is 21.2. The second kappa shape index (κ2) is 7.56. The Morgan fingerprint density at radius 1 is 1.36 bits per heavy atom. The van der Waals surface area contributed by atoms with E-state index in [2.05, 4.69) is 10.3 Å². The zero-order valence-corrected chi connectivity index (χ0v) is 13.8. The maximum absolute atomic E-state index is 12.4. The molecule has 1 fully saturated rings. The van der Waals surface area contributed by atoms with Crippen LogP contribution in [-0.2, 0) is 16.0 Å². The summed E-state index contributed by atoms with van der Waals surface area (Å²) in [7, 11) is 3.33. The summed E-state index contributed by atoms with van der Waals surface area (Å²) in [6.07, 6.45) is 0.891. The molecule has 6 heteroatoms. The van der Waals surface area contributed by atoms with Crippen molar-refractivity contribution in [3.63, 3.8) is 0 Å². The minimum atomic E-state index is -0.0753. The van der Waals surface area contributed by atoms with Crippen LogP contribution >= 0.6 is 0 Å². The monoisotopic (exact) mass is 307 g/mol. The third-order valence-electron chi connectivity index (χ3n) is 3.91. The van der Waals surface area contributed by atoms with E-state index in [0.717, 1.165) is 23.4 Å². The molecule has 2 heterocycles. The van der Waals surface area contributed by atoms with E-state index in [0.29, 0.717) is 19.7 Å². The average molecular weight is 307 g/mol. The zero-order chi connectivity index (χ0) is 16.1. The molecule has 122 valence electrons. The zero-order valence-electron chi connectivity index (χ0n) is 13.8. The Balaban J connectivity index is 1.95. The number of carbonyl (C=O) groups excluding carboxylic acids is 1. The summed E-state index contributed by atoms with van der Waals surface area (Å²) in [6, 6.07) is 3.97. The summed E-state index contributed by atoms with van der Waals surface area (Å²) in [6.45, 7) is 5.54. The van der Waals surface area contributed by atoms with Gasteiger partial charge in [-0.3, -0.25) is 4.98 Å². The van der Waals surface area contributed by atoms with E-state index in [1.165, 1.54) is 0 Å². The molecule has 1 aromatic rings. The highest BCUT2D eigenvalue weighted by atomic mass is 16.5. The molecule has 1 aliphatic rings. The number of ether oxygens (including phenoxy) is 2. The third kappa shape index (κ3) is 4.18. The van der Waals surface area contributed by atoms with Crippen LogP contribution in [0.25, 0.3) is 0 Å². The van der Waals surface area contributed by atoms with E-state index in [-0.39, 0.29) is 18.2 Å². The second-order valence-electron chi connectivity index (χ2n) is 5.77. The van der Waals surface area contributed by atoms with Crippen LogP contribution in [-0.4, -0.2) is 55.4 Å². The number of hydrogen-bond donors (Lipinski definition) is 1. The highest BCUT2D eigenvalue weighted by Crippen LogP contribution is 2.20. The van der Waals surface area contributed by atoms with E-state index < -0.39 is 0 Å². The Hall–Kier alpha value is -1.66. The topological polar surface area (TPSA) is 63.7 Å². The first-order chi connectivity index (χ1) is 10.5. The molecule has 2 amide bonds. The van der Waals surface area contributed by atoms with Gasteiger partial charge >= 0.3 is 6.03 Å². The molecule has 2 atom stereocenters. The SMILES string of the molecule is COC[C@@H]1C[C@@H](OC)CN1C(=O)NCc1cc(C)nc(C)c1. The number of aromatic nitrogens is 1. The quantitative estimate of drug-likeness (QED) is 0.898. The van der Waals surface area contributed by atoms with E-state index in [1.807, 2.05) is 26.0 Å². The number of methoxy groups -OCH3 is 2. The number of amides is 2. The summed E-state index contributed by atoms with van der Waals surface area (Å²) in [5, 5.41) is 2.98. The van der Waals surface area contributed by atoms with Crippen LogP contribution in [0.5, 0.6) is 0 Å². The molecule has 0 aromatic carbocycles. The van der Waals surface area contributed by atoms with E-state index >= 15 is 0 Å². The van der Waals surface area contributed by atoms with Gasteiger partial charge in [0.15, 0.2) is 0 Å². The number of likely N-dealkylation sites (tertiary alicyclic amines) is 1. The molecule has 0 aliphatic carbocycles. The second-order valence-corrected chi connectivity index (χ2v) is 5.77. The van der Waals surface area contributed by atoms with Crippen molar-refractivity contribution in [1.82, 2.24) is 15.2 Å². The first-order valence-corrected chi connectivity index (χ1v) is 7.54. The number of nitrogens with zero attached hydrogens (tertiary/aromatic N) is 2. The fourth-order valence-electron chi connectivity index (χ4n) is 2.95. The van der Waals surface area contributed by atoms with Gasteiger partial charge < -0.3 is 19.7 Å². The number of pyridine rings is 1. The third-order valence-corrected chi connectivity index (χ3v) is 3.91. The van der Waals surface area contributed by atoms with Gasteiger partial charge in [0.1, 0.15) is 0 Å². The van der Waals surface area contributed by atoms with E-state index in [1.54, 1.807) is 19.1 Å². The van der Waals surface area contributed by atoms with Crippen LogP contribution in [0.15, 0.2) is 12.1 Å². The van der Waals surface area contributed by atoms with Crippen molar-refractivity contribution in [2.24, 2.45) is 0 Å². The van der Waals surface area contributed by atoms with Crippen molar-refractivity contribution in [2.75, 3.05) is 27.4 Å². The summed E-state index contributed by atoms with van der Waals surface area (Å²) < 4.78 is 10.6. The molecule has 22 heavy (non-hydrogen) atoms. The lowest BCUT2D eigenvalue weighted by molar-refractivity contribution is 0.110. The number of nitrogens with one attached hydrogen (secondary N) is 1. The van der Waals surface area contributed by atoms with E-state index in [9.17, 15) is 4.79 Å². The highest BCUT2D eigenvalue weighted by Gasteiger charge is 2.35. The molecular weight excluding hydrogens is 282 g/mol. The molecule has 0 radical (unpaired) electrons. The van der Waals surface area contributed by atoms with Crippen LogP contribution in [0.1, 0.15) is 23.4 Å². The van der Waals surface area contributed by atoms with Crippen LogP contribution in [0, 0.1) is 13.8 Å². The van der Waals surface area contributed by atoms with Crippen LogP contribution in [0.4, 0.5) is 4.79 Å². The largest absolute Gasteiger partial charge is 0.383 e. The van der Waals surface area contributed by atoms with Crippen molar-refractivity contribution in [3.8, 4) is 0 Å². The van der Waals surface area contributed by atoms with Crippen molar-refractivity contribution in [2.45, 2.75) is 39.0 Å². The summed E-state index contributed by atoms with van der Waals surface area (Å²) in [5.41, 5.74) is 2.98. The van der Waals surface area contributed by atoms with Gasteiger partial charge in [0.2, 0.25) is 0 Å². The van der Waals surface area contributed by atoms with Gasteiger partial charge in [-0.05, 0) is 38.0 Å². The molecule has 0 bridgehead atoms. The molecule has 1 aromatic heterocycles. The standard InChI is InChI=1S/C16H25N3O3/c1-11-5-13(6-12(2)18-11)8-17-16(20)19-9-15(22-4)7-14(19)10-21-3/h5-6,14-15H,7-10H2,1-4H3,(H,17,20)/t14-,15+/m0/s1. The fraction of sp³-hybridized carbons (Fsp3) is 0.625. The fourth-order valence-corrected chi connectivity index (χ4v) is 2.95. The van der Waals surface area contributed by atoms with Gasteiger partial charge in [0, 0.05) is 38.7 Å². The molecule has 1 N–H and O–H groups in total. The lowest BCUT2D eigenvalue weighted by atomic mass is 10.2. The predicted molar refractivity (Wildman–Crippen MR) is 83.7 cm³/mol. The summed E-state index contributed by atoms with van der Waals surface area (Å²) in [5.74, 6) is 0. The van der Waals surface area contributed by atoms with Crippen molar-refractivity contribution < 1.29 is 14.3 Å². The smallest absolute Gasteiger partial charge is 0.318 e. The first-order valence-electron chi connectivity index (χ1n) is 7.54. The highest BCUT2D eigenvalue weighted by molar-refractivity contribution is 5.75. The van der Waals surface area contributed by atoms with Gasteiger partial charge in [-0.1, -0.05) is 0 Å². The Bertz CT molecular complexity index is 501. The van der Waals surface area contributed by atoms with Crippen molar-refractivity contribution in [1.29, 1.82) is 0 Å². The maximum Gasteiger partial charge on any atom is 0.318 e. The Kier molecular flexibility index (Phi) is 5.74. The van der Waals surface area contributed by atoms with E-state index in [4.69, 9.17) is 9.47 Å². The molecule has 6 nitrogen and oxygen atoms in total. The molecule has 2 rings (SSSR count). The van der Waals surface area contributed by atoms with Crippen LogP contribution < -0.4 is 5.32 Å². The predicted octanol–water partition coefficient (Wildman–Crippen LogP) is 1.64. The van der Waals surface area contributed by atoms with Gasteiger partial charge in [-0.15, -0.1) is 0 Å². The van der Waals surface area contributed by atoms with Crippen molar-refractivity contribution >= 4 is 6.03 Å². The van der Waals surface area contributed by atoms with Gasteiger partial charge in [0.25, 0.3) is 0 Å². The van der Waals surface area contributed by atoms with Gasteiger partial charge in [-0.25, -0.2) is 4.79 Å². The molecule has 0 saturated carbocycles. The number of hydrogen-bond acceptors (Lipinski definition) is 4. The molecule has 0 unspecified atom stereocenters. The summed E-state index contributed by atoms with van der Waals surface area (Å²) in [4.78, 5) is 18.6. The van der Waals surface area contributed by atoms with Gasteiger partial charge in [0.05, 0.1) is 18.8 Å². The Labute approximate surface area is 131 Å². The molecule has 1 aliphatic heterocycles. The number of aryl methyl sites for hydroxylation is 2. The lowest BCUT2D eigenvalue weighted by Crippen LogP contribution is -2.44. The minimum absolute atomic E-state index is 0.0656. The molecule has 1 saturated heterocycles. The number of carbonyl (C=O) groups is 1. The molecule has 0 spiro atoms. The Morgan fingerprint density at radius 3 is 2.64 bits per heavy atom. The molecular formula is C16H25N3O3. The van der Waals surface area contributed by atoms with Crippen LogP contribution in [0.2, 0.25) is 0 Å². The first kappa shape index (κ1) is 16.7. The van der Waals surface area contributed by atoms with Crippen LogP contribution in [0.3, 0.4) is 0 Å². The number of rotatable bonds is 5. The maximum atomic E-state index is 12.4. The average Bonchev–Trinajstić information content (AvgIpc) is 2.87. The number of urea groups is 1. The lowest BCUT2D eigenvalue weighted by Gasteiger charge is -2.24. The van der Waals surface area contributed by atoms with Crippen molar-refractivity contribution in [3.05, 3.63) is 29.1 Å². The van der Waals surface area contributed by atoms with Gasteiger partial charge in [-0.2, -0.15) is 0 Å². The Morgan fingerprint density at radius 2 is 2.05 bits per heavy atom.